The second kappa shape index (κ2) is 8.96. The van der Waals surface area contributed by atoms with Gasteiger partial charge in [-0.2, -0.15) is 11.3 Å². The Kier molecular flexibility index (Phi) is 6.41. The zero-order valence-corrected chi connectivity index (χ0v) is 16.8. The van der Waals surface area contributed by atoms with Gasteiger partial charge in [-0.05, 0) is 40.9 Å². The Bertz CT molecular complexity index is 851. The van der Waals surface area contributed by atoms with Crippen molar-refractivity contribution in [3.05, 3.63) is 57.5 Å². The first-order chi connectivity index (χ1) is 13.1. The number of nitrogens with one attached hydrogen (secondary N) is 1. The molecule has 0 bridgehead atoms. The van der Waals surface area contributed by atoms with Crippen molar-refractivity contribution in [2.45, 2.75) is 32.2 Å². The topological polar surface area (TPSA) is 73.2 Å². The maximum absolute atomic E-state index is 12.7. The maximum Gasteiger partial charge on any atom is 0.357 e. The fraction of sp³-hybridized carbons (Fsp3) is 0.316. The summed E-state index contributed by atoms with van der Waals surface area (Å²) in [6.45, 7) is 2.03. The molecule has 0 aromatic carbocycles. The number of amides is 1. The number of anilines is 1. The van der Waals surface area contributed by atoms with E-state index in [-0.39, 0.29) is 18.4 Å². The zero-order chi connectivity index (χ0) is 19.2. The molecule has 0 radical (unpaired) electrons. The van der Waals surface area contributed by atoms with E-state index in [2.05, 4.69) is 15.7 Å². The van der Waals surface area contributed by atoms with Crippen LogP contribution in [0.1, 0.15) is 46.7 Å². The zero-order valence-electron chi connectivity index (χ0n) is 15.2. The average Bonchev–Trinajstić information content (AvgIpc) is 3.41. The number of nitrogens with zero attached hydrogens (tertiary/aromatic N) is 2. The number of carbonyl (C=O) groups is 2. The van der Waals surface area contributed by atoms with Gasteiger partial charge in [0.15, 0.2) is 10.8 Å². The highest BCUT2D eigenvalue weighted by molar-refractivity contribution is 7.16. The number of rotatable bonds is 8. The minimum atomic E-state index is -0.473. The van der Waals surface area contributed by atoms with Gasteiger partial charge in [0.25, 0.3) is 0 Å². The second-order valence-corrected chi connectivity index (χ2v) is 7.85. The van der Waals surface area contributed by atoms with Crippen molar-refractivity contribution >= 4 is 39.7 Å². The molecule has 0 unspecified atom stereocenters. The first kappa shape index (κ1) is 19.3. The van der Waals surface area contributed by atoms with Crippen molar-refractivity contribution in [3.63, 3.8) is 0 Å². The molecule has 0 aliphatic heterocycles. The standard InChI is InChI=1S/C19H21N3O3S2/c1-3-6-15-17(18(24)25-2)21-19(27-15)20-16(23)11-14(13-7-10-26-12-13)22-8-4-5-9-22/h4-5,7-10,12,14H,3,6,11H2,1-2H3,(H,20,21,23)/t14-/m1/s1. The third kappa shape index (κ3) is 4.64. The normalized spacial score (nSPS) is 11.9. The van der Waals surface area contributed by atoms with Gasteiger partial charge in [-0.1, -0.05) is 13.3 Å². The molecule has 0 fully saturated rings. The average molecular weight is 404 g/mol. The summed E-state index contributed by atoms with van der Waals surface area (Å²) < 4.78 is 6.81. The number of hydrogen-bond donors (Lipinski definition) is 1. The summed E-state index contributed by atoms with van der Waals surface area (Å²) in [5, 5.41) is 7.33. The summed E-state index contributed by atoms with van der Waals surface area (Å²) in [5.41, 5.74) is 1.38. The smallest absolute Gasteiger partial charge is 0.357 e. The summed E-state index contributed by atoms with van der Waals surface area (Å²) in [4.78, 5) is 29.7. The molecule has 3 aromatic heterocycles. The van der Waals surface area contributed by atoms with Gasteiger partial charge in [0.05, 0.1) is 19.6 Å². The van der Waals surface area contributed by atoms with E-state index >= 15 is 0 Å². The van der Waals surface area contributed by atoms with Crippen molar-refractivity contribution in [1.82, 2.24) is 9.55 Å². The molecule has 0 aliphatic rings. The van der Waals surface area contributed by atoms with Crippen molar-refractivity contribution in [2.75, 3.05) is 12.4 Å². The summed E-state index contributed by atoms with van der Waals surface area (Å²) in [7, 11) is 1.33. The third-order valence-electron chi connectivity index (χ3n) is 4.09. The van der Waals surface area contributed by atoms with E-state index in [1.165, 1.54) is 18.4 Å². The van der Waals surface area contributed by atoms with Gasteiger partial charge in [-0.15, -0.1) is 11.3 Å². The molecule has 1 atom stereocenters. The first-order valence-corrected chi connectivity index (χ1v) is 10.4. The number of aromatic nitrogens is 2. The van der Waals surface area contributed by atoms with Crippen LogP contribution >= 0.6 is 22.7 Å². The largest absolute Gasteiger partial charge is 0.464 e. The SMILES string of the molecule is CCCc1sc(NC(=O)C[C@H](c2ccsc2)n2cccc2)nc1C(=O)OC. The van der Waals surface area contributed by atoms with E-state index in [1.54, 1.807) is 11.3 Å². The van der Waals surface area contributed by atoms with Gasteiger partial charge in [0, 0.05) is 17.3 Å². The van der Waals surface area contributed by atoms with E-state index in [0.717, 1.165) is 23.3 Å². The molecule has 0 saturated heterocycles. The molecule has 0 spiro atoms. The number of aryl methyl sites for hydroxylation is 1. The van der Waals surface area contributed by atoms with Gasteiger partial charge in [-0.25, -0.2) is 9.78 Å². The lowest BCUT2D eigenvalue weighted by Crippen LogP contribution is -2.19. The molecule has 3 rings (SSSR count). The molecule has 142 valence electrons. The molecule has 0 aliphatic carbocycles. The Morgan fingerprint density at radius 3 is 2.74 bits per heavy atom. The van der Waals surface area contributed by atoms with Crippen LogP contribution in [0, 0.1) is 0 Å². The van der Waals surface area contributed by atoms with Crippen LogP contribution in [0.2, 0.25) is 0 Å². The third-order valence-corrected chi connectivity index (χ3v) is 5.83. The Morgan fingerprint density at radius 1 is 1.33 bits per heavy atom. The molecule has 8 heteroatoms. The predicted octanol–water partition coefficient (Wildman–Crippen LogP) is 4.36. The summed E-state index contributed by atoms with van der Waals surface area (Å²) in [5.74, 6) is -0.619. The number of esters is 1. The predicted molar refractivity (Wildman–Crippen MR) is 108 cm³/mol. The molecule has 6 nitrogen and oxygen atoms in total. The molecular weight excluding hydrogens is 382 g/mol. The maximum atomic E-state index is 12.7. The minimum absolute atomic E-state index is 0.0820. The monoisotopic (exact) mass is 403 g/mol. The van der Waals surface area contributed by atoms with E-state index in [4.69, 9.17) is 4.74 Å². The first-order valence-electron chi connectivity index (χ1n) is 8.64. The fourth-order valence-electron chi connectivity index (χ4n) is 2.82. The Morgan fingerprint density at radius 2 is 2.11 bits per heavy atom. The van der Waals surface area contributed by atoms with Crippen LogP contribution in [0.15, 0.2) is 41.4 Å². The van der Waals surface area contributed by atoms with Crippen LogP contribution in [0.3, 0.4) is 0 Å². The minimum Gasteiger partial charge on any atom is -0.464 e. The quantitative estimate of drug-likeness (QED) is 0.567. The highest BCUT2D eigenvalue weighted by Crippen LogP contribution is 2.28. The molecule has 1 N–H and O–H groups in total. The molecule has 3 aromatic rings. The molecule has 1 amide bonds. The fourth-order valence-corrected chi connectivity index (χ4v) is 4.59. The number of ether oxygens (including phenoxy) is 1. The number of thiophene rings is 1. The van der Waals surface area contributed by atoms with Crippen molar-refractivity contribution in [3.8, 4) is 0 Å². The van der Waals surface area contributed by atoms with Gasteiger partial charge in [0.1, 0.15) is 0 Å². The summed E-state index contributed by atoms with van der Waals surface area (Å²) >= 11 is 2.94. The highest BCUT2D eigenvalue weighted by Gasteiger charge is 2.22. The van der Waals surface area contributed by atoms with Crippen LogP contribution in [0.5, 0.6) is 0 Å². The molecule has 27 heavy (non-hydrogen) atoms. The van der Waals surface area contributed by atoms with E-state index in [0.29, 0.717) is 10.8 Å². The lowest BCUT2D eigenvalue weighted by molar-refractivity contribution is -0.116. The van der Waals surface area contributed by atoms with Gasteiger partial charge < -0.3 is 14.6 Å². The summed E-state index contributed by atoms with van der Waals surface area (Å²) in [6, 6.07) is 5.83. The molecule has 0 saturated carbocycles. The lowest BCUT2D eigenvalue weighted by Gasteiger charge is -2.17. The van der Waals surface area contributed by atoms with Crippen molar-refractivity contribution in [1.29, 1.82) is 0 Å². The number of carbonyl (C=O) groups excluding carboxylic acids is 2. The summed E-state index contributed by atoms with van der Waals surface area (Å²) in [6.07, 6.45) is 5.79. The van der Waals surface area contributed by atoms with Gasteiger partial charge in [0.2, 0.25) is 5.91 Å². The van der Waals surface area contributed by atoms with E-state index < -0.39 is 5.97 Å². The van der Waals surface area contributed by atoms with E-state index in [1.807, 2.05) is 47.5 Å². The van der Waals surface area contributed by atoms with Gasteiger partial charge >= 0.3 is 5.97 Å². The second-order valence-electron chi connectivity index (χ2n) is 5.99. The number of methoxy groups -OCH3 is 1. The van der Waals surface area contributed by atoms with E-state index in [9.17, 15) is 9.59 Å². The highest BCUT2D eigenvalue weighted by atomic mass is 32.1. The van der Waals surface area contributed by atoms with Crippen LogP contribution in [-0.2, 0) is 16.0 Å². The lowest BCUT2D eigenvalue weighted by atomic mass is 10.1. The van der Waals surface area contributed by atoms with Crippen LogP contribution in [0.4, 0.5) is 5.13 Å². The number of thiazole rings is 1. The Balaban J connectivity index is 1.75. The van der Waals surface area contributed by atoms with Crippen LogP contribution in [0.25, 0.3) is 0 Å². The number of hydrogen-bond acceptors (Lipinski definition) is 6. The van der Waals surface area contributed by atoms with Crippen molar-refractivity contribution in [2.24, 2.45) is 0 Å². The Hall–Kier alpha value is -2.45. The van der Waals surface area contributed by atoms with Gasteiger partial charge in [-0.3, -0.25) is 4.79 Å². The van der Waals surface area contributed by atoms with Crippen LogP contribution in [-0.4, -0.2) is 28.5 Å². The van der Waals surface area contributed by atoms with Crippen LogP contribution < -0.4 is 5.32 Å². The Labute approximate surface area is 165 Å². The molecular formula is C19H21N3O3S2. The molecule has 3 heterocycles. The van der Waals surface area contributed by atoms with Crippen molar-refractivity contribution < 1.29 is 14.3 Å².